The number of amides is 2. The SMILES string of the molecule is C[C@H]1CCc2sc(C(=O)Nc3cccc4c3C(=O)NC4)cc2C1. The van der Waals surface area contributed by atoms with Gasteiger partial charge in [0.15, 0.2) is 0 Å². The van der Waals surface area contributed by atoms with Crippen molar-refractivity contribution in [2.45, 2.75) is 32.7 Å². The molecule has 2 amide bonds. The van der Waals surface area contributed by atoms with Crippen LogP contribution >= 0.6 is 11.3 Å². The van der Waals surface area contributed by atoms with Gasteiger partial charge in [0.2, 0.25) is 0 Å². The molecule has 0 spiro atoms. The van der Waals surface area contributed by atoms with Crippen LogP contribution in [0.4, 0.5) is 5.69 Å². The summed E-state index contributed by atoms with van der Waals surface area (Å²) >= 11 is 1.59. The number of fused-ring (bicyclic) bond motifs is 2. The molecule has 118 valence electrons. The number of carbonyl (C=O) groups is 2. The standard InChI is InChI=1S/C18H18N2O2S/c1-10-5-6-14-12(7-10)8-15(23-14)17(21)20-13-4-2-3-11-9-19-18(22)16(11)13/h2-4,8,10H,5-7,9H2,1H3,(H,19,22)(H,20,21)/t10-/m0/s1. The summed E-state index contributed by atoms with van der Waals surface area (Å²) in [6, 6.07) is 7.59. The van der Waals surface area contributed by atoms with Gasteiger partial charge in [0.25, 0.3) is 11.8 Å². The van der Waals surface area contributed by atoms with Gasteiger partial charge in [-0.05, 0) is 48.4 Å². The fraction of sp³-hybridized carbons (Fsp3) is 0.333. The van der Waals surface area contributed by atoms with Crippen LogP contribution in [0.5, 0.6) is 0 Å². The Morgan fingerprint density at radius 3 is 3.09 bits per heavy atom. The zero-order chi connectivity index (χ0) is 16.0. The van der Waals surface area contributed by atoms with Crippen molar-refractivity contribution < 1.29 is 9.59 Å². The van der Waals surface area contributed by atoms with E-state index in [0.717, 1.165) is 23.3 Å². The predicted molar refractivity (Wildman–Crippen MR) is 91.1 cm³/mol. The number of hydrogen-bond acceptors (Lipinski definition) is 3. The maximum Gasteiger partial charge on any atom is 0.265 e. The Morgan fingerprint density at radius 1 is 1.35 bits per heavy atom. The number of anilines is 1. The molecular formula is C18H18N2O2S. The van der Waals surface area contributed by atoms with E-state index in [1.54, 1.807) is 17.4 Å². The molecule has 0 saturated carbocycles. The molecule has 0 saturated heterocycles. The highest BCUT2D eigenvalue weighted by molar-refractivity contribution is 7.14. The second-order valence-corrected chi connectivity index (χ2v) is 7.52. The number of carbonyl (C=O) groups excluding carboxylic acids is 2. The van der Waals surface area contributed by atoms with Gasteiger partial charge in [-0.2, -0.15) is 0 Å². The first-order valence-corrected chi connectivity index (χ1v) is 8.76. The summed E-state index contributed by atoms with van der Waals surface area (Å²) < 4.78 is 0. The van der Waals surface area contributed by atoms with E-state index in [1.165, 1.54) is 16.9 Å². The van der Waals surface area contributed by atoms with E-state index >= 15 is 0 Å². The Balaban J connectivity index is 1.60. The van der Waals surface area contributed by atoms with Crippen LogP contribution in [0.15, 0.2) is 24.3 Å². The zero-order valence-corrected chi connectivity index (χ0v) is 13.8. The number of rotatable bonds is 2. The molecule has 0 unspecified atom stereocenters. The van der Waals surface area contributed by atoms with Crippen molar-refractivity contribution in [2.75, 3.05) is 5.32 Å². The van der Waals surface area contributed by atoms with Crippen LogP contribution in [0.1, 0.15) is 49.4 Å². The van der Waals surface area contributed by atoms with Crippen molar-refractivity contribution >= 4 is 28.8 Å². The Kier molecular flexibility index (Phi) is 3.45. The normalized spacial score (nSPS) is 19.0. The first kappa shape index (κ1) is 14.5. The summed E-state index contributed by atoms with van der Waals surface area (Å²) in [5, 5.41) is 5.72. The summed E-state index contributed by atoms with van der Waals surface area (Å²) in [5.74, 6) is 0.453. The lowest BCUT2D eigenvalue weighted by Gasteiger charge is -2.16. The van der Waals surface area contributed by atoms with Crippen LogP contribution in [0.25, 0.3) is 0 Å². The van der Waals surface area contributed by atoms with Crippen LogP contribution in [0, 0.1) is 5.92 Å². The Bertz CT molecular complexity index is 809. The van der Waals surface area contributed by atoms with Gasteiger partial charge in [-0.1, -0.05) is 19.1 Å². The van der Waals surface area contributed by atoms with Crippen LogP contribution in [0.3, 0.4) is 0 Å². The highest BCUT2D eigenvalue weighted by atomic mass is 32.1. The molecule has 4 nitrogen and oxygen atoms in total. The molecule has 0 radical (unpaired) electrons. The van der Waals surface area contributed by atoms with Crippen molar-refractivity contribution in [3.63, 3.8) is 0 Å². The van der Waals surface area contributed by atoms with Crippen molar-refractivity contribution in [2.24, 2.45) is 5.92 Å². The Labute approximate surface area is 138 Å². The quantitative estimate of drug-likeness (QED) is 0.889. The summed E-state index contributed by atoms with van der Waals surface area (Å²) in [7, 11) is 0. The molecule has 2 aliphatic rings. The summed E-state index contributed by atoms with van der Waals surface area (Å²) in [4.78, 5) is 26.6. The molecule has 2 aromatic rings. The summed E-state index contributed by atoms with van der Waals surface area (Å²) in [6.45, 7) is 2.79. The number of hydrogen-bond donors (Lipinski definition) is 2. The molecule has 1 aliphatic heterocycles. The lowest BCUT2D eigenvalue weighted by Crippen LogP contribution is -2.16. The fourth-order valence-electron chi connectivity index (χ4n) is 3.39. The molecule has 1 aromatic carbocycles. The van der Waals surface area contributed by atoms with Crippen LogP contribution in [-0.4, -0.2) is 11.8 Å². The van der Waals surface area contributed by atoms with Gasteiger partial charge in [-0.15, -0.1) is 11.3 Å². The van der Waals surface area contributed by atoms with E-state index in [1.807, 2.05) is 18.2 Å². The van der Waals surface area contributed by atoms with E-state index < -0.39 is 0 Å². The molecule has 2 N–H and O–H groups in total. The van der Waals surface area contributed by atoms with E-state index in [9.17, 15) is 9.59 Å². The first-order valence-electron chi connectivity index (χ1n) is 7.95. The third kappa shape index (κ3) is 2.55. The molecule has 1 atom stereocenters. The lowest BCUT2D eigenvalue weighted by atomic mass is 9.90. The maximum absolute atomic E-state index is 12.6. The molecule has 5 heteroatoms. The third-order valence-electron chi connectivity index (χ3n) is 4.62. The predicted octanol–water partition coefficient (Wildman–Crippen LogP) is 3.37. The van der Waals surface area contributed by atoms with Crippen LogP contribution < -0.4 is 10.6 Å². The summed E-state index contributed by atoms with van der Waals surface area (Å²) in [5.41, 5.74) is 3.44. The summed E-state index contributed by atoms with van der Waals surface area (Å²) in [6.07, 6.45) is 3.32. The average Bonchev–Trinajstić information content (AvgIpc) is 3.11. The highest BCUT2D eigenvalue weighted by Crippen LogP contribution is 2.33. The second kappa shape index (κ2) is 5.49. The lowest BCUT2D eigenvalue weighted by molar-refractivity contribution is 0.0966. The van der Waals surface area contributed by atoms with Crippen molar-refractivity contribution in [1.82, 2.24) is 5.32 Å². The Hall–Kier alpha value is -2.14. The largest absolute Gasteiger partial charge is 0.348 e. The number of benzene rings is 1. The molecule has 0 fully saturated rings. The zero-order valence-electron chi connectivity index (χ0n) is 12.9. The van der Waals surface area contributed by atoms with Gasteiger partial charge in [0.1, 0.15) is 0 Å². The van der Waals surface area contributed by atoms with Crippen molar-refractivity contribution in [3.05, 3.63) is 50.7 Å². The monoisotopic (exact) mass is 326 g/mol. The molecule has 0 bridgehead atoms. The van der Waals surface area contributed by atoms with E-state index in [-0.39, 0.29) is 11.8 Å². The Morgan fingerprint density at radius 2 is 2.22 bits per heavy atom. The smallest absolute Gasteiger partial charge is 0.265 e. The van der Waals surface area contributed by atoms with Gasteiger partial charge in [-0.3, -0.25) is 9.59 Å². The third-order valence-corrected chi connectivity index (χ3v) is 5.85. The molecule has 1 aromatic heterocycles. The number of nitrogens with one attached hydrogen (secondary N) is 2. The average molecular weight is 326 g/mol. The van der Waals surface area contributed by atoms with Crippen molar-refractivity contribution in [3.8, 4) is 0 Å². The fourth-order valence-corrected chi connectivity index (χ4v) is 4.49. The molecule has 2 heterocycles. The molecule has 1 aliphatic carbocycles. The topological polar surface area (TPSA) is 58.2 Å². The van der Waals surface area contributed by atoms with Gasteiger partial charge in [0.05, 0.1) is 16.1 Å². The first-order chi connectivity index (χ1) is 11.1. The van der Waals surface area contributed by atoms with Crippen LogP contribution in [-0.2, 0) is 19.4 Å². The highest BCUT2D eigenvalue weighted by Gasteiger charge is 2.25. The van der Waals surface area contributed by atoms with Crippen molar-refractivity contribution in [1.29, 1.82) is 0 Å². The molecule has 23 heavy (non-hydrogen) atoms. The van der Waals surface area contributed by atoms with E-state index in [0.29, 0.717) is 23.7 Å². The molecular weight excluding hydrogens is 308 g/mol. The number of thiophene rings is 1. The van der Waals surface area contributed by atoms with Gasteiger partial charge in [0, 0.05) is 11.4 Å². The van der Waals surface area contributed by atoms with Gasteiger partial charge in [-0.25, -0.2) is 0 Å². The van der Waals surface area contributed by atoms with E-state index in [4.69, 9.17) is 0 Å². The van der Waals surface area contributed by atoms with E-state index in [2.05, 4.69) is 17.6 Å². The number of aryl methyl sites for hydroxylation is 1. The minimum atomic E-state index is -0.120. The minimum absolute atomic E-state index is 0.116. The minimum Gasteiger partial charge on any atom is -0.348 e. The van der Waals surface area contributed by atoms with Gasteiger partial charge < -0.3 is 10.6 Å². The van der Waals surface area contributed by atoms with Gasteiger partial charge >= 0.3 is 0 Å². The second-order valence-electron chi connectivity index (χ2n) is 6.38. The van der Waals surface area contributed by atoms with Crippen LogP contribution in [0.2, 0.25) is 0 Å². The molecule has 4 rings (SSSR count). The maximum atomic E-state index is 12.6.